The molecule has 0 heterocycles. The van der Waals surface area contributed by atoms with E-state index in [0.717, 1.165) is 12.8 Å². The van der Waals surface area contributed by atoms with Gasteiger partial charge in [0.05, 0.1) is 15.7 Å². The number of nitrogens with two attached hydrogens (primary N) is 1. The molecule has 1 nitrogen and oxygen atoms in total. The van der Waals surface area contributed by atoms with Crippen molar-refractivity contribution in [2.45, 2.75) is 51.8 Å². The summed E-state index contributed by atoms with van der Waals surface area (Å²) < 4.78 is 0. The van der Waals surface area contributed by atoms with Crippen LogP contribution >= 0.6 is 0 Å². The van der Waals surface area contributed by atoms with Crippen LogP contribution in [0.3, 0.4) is 0 Å². The van der Waals surface area contributed by atoms with Gasteiger partial charge in [0.1, 0.15) is 0 Å². The van der Waals surface area contributed by atoms with Gasteiger partial charge in [-0.25, -0.2) is 0 Å². The van der Waals surface area contributed by atoms with Crippen LogP contribution in [0, 0.1) is 11.8 Å². The normalized spacial score (nSPS) is 20.6. The van der Waals surface area contributed by atoms with Crippen LogP contribution in [0.5, 0.6) is 0 Å². The van der Waals surface area contributed by atoms with E-state index < -0.39 is 0 Å². The molecule has 0 aromatic heterocycles. The van der Waals surface area contributed by atoms with Crippen LogP contribution in [0.2, 0.25) is 12.1 Å². The largest absolute Gasteiger partial charge is 0.328 e. The van der Waals surface area contributed by atoms with E-state index in [1.807, 2.05) is 0 Å². The molecule has 0 amide bonds. The first-order valence-corrected chi connectivity index (χ1v) is 5.29. The third kappa shape index (κ3) is 3.76. The Hall–Kier alpha value is 0.0899. The van der Waals surface area contributed by atoms with Gasteiger partial charge in [-0.3, -0.25) is 0 Å². The van der Waals surface area contributed by atoms with Gasteiger partial charge < -0.3 is 5.73 Å². The molecular formula is C10H21B2N. The Balaban J connectivity index is 4.13. The summed E-state index contributed by atoms with van der Waals surface area (Å²) in [5.41, 5.74) is 6.05. The minimum absolute atomic E-state index is 0.0462. The van der Waals surface area contributed by atoms with Gasteiger partial charge in [0.25, 0.3) is 0 Å². The van der Waals surface area contributed by atoms with Crippen molar-refractivity contribution in [3.8, 4) is 0 Å². The van der Waals surface area contributed by atoms with Crippen LogP contribution < -0.4 is 5.73 Å². The monoisotopic (exact) mass is 177 g/mol. The van der Waals surface area contributed by atoms with Crippen LogP contribution in [-0.2, 0) is 0 Å². The number of hydrogen-bond donors (Lipinski definition) is 1. The standard InChI is InChI=1S/C10H21B2N/c1-4-7(3)9(12)10(13)8(5-2)6-11/h7-10H,4-6,13H2,1-3H3. The summed E-state index contributed by atoms with van der Waals surface area (Å²) >= 11 is 0. The van der Waals surface area contributed by atoms with Gasteiger partial charge in [-0.05, 0) is 11.8 Å². The second kappa shape index (κ2) is 6.53. The van der Waals surface area contributed by atoms with E-state index in [2.05, 4.69) is 20.8 Å². The second-order valence-electron chi connectivity index (χ2n) is 3.94. The van der Waals surface area contributed by atoms with Gasteiger partial charge in [0.2, 0.25) is 0 Å². The molecule has 0 rings (SSSR count). The topological polar surface area (TPSA) is 26.0 Å². The molecule has 13 heavy (non-hydrogen) atoms. The predicted molar refractivity (Wildman–Crippen MR) is 61.3 cm³/mol. The Labute approximate surface area is 85.7 Å². The Kier molecular flexibility index (Phi) is 6.57. The molecule has 4 radical (unpaired) electrons. The molecule has 0 fully saturated rings. The Morgan fingerprint density at radius 3 is 2.08 bits per heavy atom. The van der Waals surface area contributed by atoms with E-state index in [0.29, 0.717) is 18.2 Å². The van der Waals surface area contributed by atoms with Crippen molar-refractivity contribution in [1.82, 2.24) is 0 Å². The fourth-order valence-corrected chi connectivity index (χ4v) is 1.56. The van der Waals surface area contributed by atoms with E-state index in [4.69, 9.17) is 21.4 Å². The second-order valence-corrected chi connectivity index (χ2v) is 3.94. The molecule has 0 spiro atoms. The molecule has 0 saturated heterocycles. The van der Waals surface area contributed by atoms with E-state index in [1.165, 1.54) is 0 Å². The fraction of sp³-hybridized carbons (Fsp3) is 1.00. The molecule has 72 valence electrons. The molecule has 4 unspecified atom stereocenters. The van der Waals surface area contributed by atoms with Gasteiger partial charge in [0.15, 0.2) is 0 Å². The lowest BCUT2D eigenvalue weighted by Crippen LogP contribution is -2.36. The number of hydrogen-bond acceptors (Lipinski definition) is 1. The van der Waals surface area contributed by atoms with Crippen LogP contribution in [0.25, 0.3) is 0 Å². The summed E-state index contributed by atoms with van der Waals surface area (Å²) in [5.74, 6) is 0.929. The van der Waals surface area contributed by atoms with E-state index in [1.54, 1.807) is 0 Å². The fourth-order valence-electron chi connectivity index (χ4n) is 1.56. The zero-order valence-corrected chi connectivity index (χ0v) is 9.16. The predicted octanol–water partition coefficient (Wildman–Crippen LogP) is 1.93. The highest BCUT2D eigenvalue weighted by molar-refractivity contribution is 6.12. The van der Waals surface area contributed by atoms with Crippen molar-refractivity contribution < 1.29 is 0 Å². The smallest absolute Gasteiger partial charge is 0.0724 e. The summed E-state index contributed by atoms with van der Waals surface area (Å²) in [6, 6.07) is 0.0462. The summed E-state index contributed by atoms with van der Waals surface area (Å²) in [6.07, 6.45) is 2.74. The van der Waals surface area contributed by atoms with Gasteiger partial charge in [-0.2, -0.15) is 0 Å². The average Bonchev–Trinajstić information content (AvgIpc) is 2.17. The maximum atomic E-state index is 6.05. The highest BCUT2D eigenvalue weighted by Crippen LogP contribution is 2.27. The average molecular weight is 177 g/mol. The molecule has 0 aromatic rings. The van der Waals surface area contributed by atoms with Crippen molar-refractivity contribution in [2.75, 3.05) is 0 Å². The van der Waals surface area contributed by atoms with Crippen LogP contribution in [0.1, 0.15) is 33.6 Å². The minimum atomic E-state index is 0.0462. The molecule has 2 N–H and O–H groups in total. The summed E-state index contributed by atoms with van der Waals surface area (Å²) in [5, 5.41) is 0. The van der Waals surface area contributed by atoms with Crippen LogP contribution in [0.4, 0.5) is 0 Å². The zero-order chi connectivity index (χ0) is 10.4. The molecule has 0 aromatic carbocycles. The summed E-state index contributed by atoms with van der Waals surface area (Å²) in [4.78, 5) is 0. The first kappa shape index (κ1) is 13.1. The Bertz CT molecular complexity index is 126. The van der Waals surface area contributed by atoms with E-state index in [9.17, 15) is 0 Å². The number of rotatable bonds is 6. The summed E-state index contributed by atoms with van der Waals surface area (Å²) in [7, 11) is 11.7. The molecule has 0 aliphatic rings. The SMILES string of the molecule is [B]CC(CC)C(N)C([B])C(C)CC. The lowest BCUT2D eigenvalue weighted by atomic mass is 9.66. The van der Waals surface area contributed by atoms with Crippen LogP contribution in [0.15, 0.2) is 0 Å². The van der Waals surface area contributed by atoms with Gasteiger partial charge >= 0.3 is 0 Å². The minimum Gasteiger partial charge on any atom is -0.328 e. The van der Waals surface area contributed by atoms with Crippen molar-refractivity contribution >= 4 is 15.7 Å². The highest BCUT2D eigenvalue weighted by Gasteiger charge is 2.23. The molecule has 0 aliphatic carbocycles. The third-order valence-corrected chi connectivity index (χ3v) is 3.12. The van der Waals surface area contributed by atoms with Gasteiger partial charge in [-0.15, -0.1) is 0 Å². The molecular weight excluding hydrogens is 156 g/mol. The lowest BCUT2D eigenvalue weighted by molar-refractivity contribution is 0.360. The van der Waals surface area contributed by atoms with Crippen molar-refractivity contribution in [3.63, 3.8) is 0 Å². The molecule has 0 saturated carbocycles. The molecule has 0 aliphatic heterocycles. The highest BCUT2D eigenvalue weighted by atomic mass is 14.7. The first-order valence-electron chi connectivity index (χ1n) is 5.29. The van der Waals surface area contributed by atoms with Crippen molar-refractivity contribution in [2.24, 2.45) is 17.6 Å². The Morgan fingerprint density at radius 2 is 1.77 bits per heavy atom. The van der Waals surface area contributed by atoms with Gasteiger partial charge in [-0.1, -0.05) is 45.8 Å². The lowest BCUT2D eigenvalue weighted by Gasteiger charge is -2.31. The third-order valence-electron chi connectivity index (χ3n) is 3.12. The molecule has 4 atom stereocenters. The first-order chi connectivity index (χ1) is 6.08. The maximum absolute atomic E-state index is 6.05. The molecule has 3 heteroatoms. The van der Waals surface area contributed by atoms with E-state index >= 15 is 0 Å². The Morgan fingerprint density at radius 1 is 1.23 bits per heavy atom. The molecule has 0 bridgehead atoms. The maximum Gasteiger partial charge on any atom is 0.0724 e. The quantitative estimate of drug-likeness (QED) is 0.616. The van der Waals surface area contributed by atoms with Crippen molar-refractivity contribution in [1.29, 1.82) is 0 Å². The van der Waals surface area contributed by atoms with Gasteiger partial charge in [0, 0.05) is 6.04 Å². The van der Waals surface area contributed by atoms with E-state index in [-0.39, 0.29) is 11.9 Å². The van der Waals surface area contributed by atoms with Crippen molar-refractivity contribution in [3.05, 3.63) is 0 Å². The zero-order valence-electron chi connectivity index (χ0n) is 9.16. The van der Waals surface area contributed by atoms with Crippen LogP contribution in [-0.4, -0.2) is 21.7 Å². The summed E-state index contributed by atoms with van der Waals surface area (Å²) in [6.45, 7) is 6.40.